The van der Waals surface area contributed by atoms with Crippen LogP contribution in [0.15, 0.2) is 22.8 Å². The van der Waals surface area contributed by atoms with Gasteiger partial charge in [0.05, 0.1) is 18.0 Å². The summed E-state index contributed by atoms with van der Waals surface area (Å²) in [6, 6.07) is 3.59. The quantitative estimate of drug-likeness (QED) is 0.903. The molecule has 0 saturated heterocycles. The van der Waals surface area contributed by atoms with Gasteiger partial charge < -0.3 is 0 Å². The highest BCUT2D eigenvalue weighted by molar-refractivity contribution is 9.10. The van der Waals surface area contributed by atoms with E-state index in [0.29, 0.717) is 5.69 Å². The zero-order chi connectivity index (χ0) is 10.6. The van der Waals surface area contributed by atoms with Crippen molar-refractivity contribution in [2.75, 3.05) is 5.75 Å². The van der Waals surface area contributed by atoms with Crippen LogP contribution in [0.3, 0.4) is 0 Å². The van der Waals surface area contributed by atoms with Gasteiger partial charge in [-0.25, -0.2) is 13.1 Å². The van der Waals surface area contributed by atoms with E-state index in [4.69, 9.17) is 0 Å². The molecular formula is C8H11BrN2O2S. The van der Waals surface area contributed by atoms with E-state index >= 15 is 0 Å². The summed E-state index contributed by atoms with van der Waals surface area (Å²) in [6.07, 6.45) is 1.63. The standard InChI is InChI=1S/C8H11BrN2O2S/c1-2-14(12,13)11-6-8-4-3-7(9)5-10-8/h3-5,11H,2,6H2,1H3. The molecule has 0 radical (unpaired) electrons. The molecule has 0 bridgehead atoms. The number of nitrogens with zero attached hydrogens (tertiary/aromatic N) is 1. The maximum absolute atomic E-state index is 11.1. The van der Waals surface area contributed by atoms with Gasteiger partial charge >= 0.3 is 0 Å². The number of aromatic nitrogens is 1. The summed E-state index contributed by atoms with van der Waals surface area (Å²) in [7, 11) is -3.13. The van der Waals surface area contributed by atoms with Crippen molar-refractivity contribution in [3.63, 3.8) is 0 Å². The Bertz CT molecular complexity index is 388. The molecule has 0 aliphatic heterocycles. The van der Waals surface area contributed by atoms with Gasteiger partial charge in [0.15, 0.2) is 0 Å². The van der Waals surface area contributed by atoms with Crippen molar-refractivity contribution < 1.29 is 8.42 Å². The monoisotopic (exact) mass is 278 g/mol. The van der Waals surface area contributed by atoms with E-state index < -0.39 is 10.0 Å². The lowest BCUT2D eigenvalue weighted by Gasteiger charge is -2.03. The van der Waals surface area contributed by atoms with Gasteiger partial charge in [0.1, 0.15) is 0 Å². The van der Waals surface area contributed by atoms with Gasteiger partial charge in [-0.3, -0.25) is 4.98 Å². The summed E-state index contributed by atoms with van der Waals surface area (Å²) in [5, 5.41) is 0. The zero-order valence-electron chi connectivity index (χ0n) is 7.70. The topological polar surface area (TPSA) is 59.1 Å². The van der Waals surface area contributed by atoms with Gasteiger partial charge in [0, 0.05) is 10.7 Å². The van der Waals surface area contributed by atoms with Crippen molar-refractivity contribution in [1.29, 1.82) is 0 Å². The lowest BCUT2D eigenvalue weighted by atomic mass is 10.4. The van der Waals surface area contributed by atoms with E-state index in [1.54, 1.807) is 19.2 Å². The summed E-state index contributed by atoms with van der Waals surface area (Å²) in [6.45, 7) is 1.83. The molecule has 14 heavy (non-hydrogen) atoms. The smallest absolute Gasteiger partial charge is 0.211 e. The highest BCUT2D eigenvalue weighted by atomic mass is 79.9. The van der Waals surface area contributed by atoms with Crippen molar-refractivity contribution in [3.8, 4) is 0 Å². The fourth-order valence-corrected chi connectivity index (χ4v) is 1.60. The maximum Gasteiger partial charge on any atom is 0.211 e. The Balaban J connectivity index is 2.59. The Kier molecular flexibility index (Phi) is 4.03. The summed E-state index contributed by atoms with van der Waals surface area (Å²) in [5.41, 5.74) is 0.699. The molecule has 0 saturated carbocycles. The van der Waals surface area contributed by atoms with Gasteiger partial charge in [0.25, 0.3) is 0 Å². The molecule has 0 spiro atoms. The summed E-state index contributed by atoms with van der Waals surface area (Å²) in [4.78, 5) is 4.04. The summed E-state index contributed by atoms with van der Waals surface area (Å²) < 4.78 is 25.5. The SMILES string of the molecule is CCS(=O)(=O)NCc1ccc(Br)cn1. The third kappa shape index (κ3) is 3.73. The molecule has 1 rings (SSSR count). The molecule has 0 amide bonds. The van der Waals surface area contributed by atoms with E-state index in [0.717, 1.165) is 4.47 Å². The van der Waals surface area contributed by atoms with Crippen LogP contribution < -0.4 is 4.72 Å². The Morgan fingerprint density at radius 3 is 2.71 bits per heavy atom. The van der Waals surface area contributed by atoms with Crippen LogP contribution in [0.4, 0.5) is 0 Å². The van der Waals surface area contributed by atoms with E-state index in [1.807, 2.05) is 6.07 Å². The summed E-state index contributed by atoms with van der Waals surface area (Å²) in [5.74, 6) is 0.0868. The largest absolute Gasteiger partial charge is 0.259 e. The number of nitrogens with one attached hydrogen (secondary N) is 1. The van der Waals surface area contributed by atoms with Gasteiger partial charge in [-0.05, 0) is 35.0 Å². The Morgan fingerprint density at radius 2 is 2.21 bits per heavy atom. The van der Waals surface area contributed by atoms with Crippen LogP contribution in [0.2, 0.25) is 0 Å². The van der Waals surface area contributed by atoms with Crippen LogP contribution in [0.1, 0.15) is 12.6 Å². The number of halogens is 1. The van der Waals surface area contributed by atoms with E-state index in [9.17, 15) is 8.42 Å². The van der Waals surface area contributed by atoms with Crippen LogP contribution >= 0.6 is 15.9 Å². The Hall–Kier alpha value is -0.460. The van der Waals surface area contributed by atoms with Gasteiger partial charge in [-0.2, -0.15) is 0 Å². The normalized spacial score (nSPS) is 11.6. The van der Waals surface area contributed by atoms with Crippen molar-refractivity contribution in [1.82, 2.24) is 9.71 Å². The first-order chi connectivity index (χ1) is 6.53. The fourth-order valence-electron chi connectivity index (χ4n) is 0.797. The van der Waals surface area contributed by atoms with E-state index in [2.05, 4.69) is 25.6 Å². The van der Waals surface area contributed by atoms with Crippen LogP contribution in [0.25, 0.3) is 0 Å². The second-order valence-electron chi connectivity index (χ2n) is 2.69. The number of sulfonamides is 1. The molecule has 1 aromatic rings. The van der Waals surface area contributed by atoms with Gasteiger partial charge in [0.2, 0.25) is 10.0 Å². The molecule has 0 fully saturated rings. The third-order valence-electron chi connectivity index (χ3n) is 1.64. The molecule has 1 heterocycles. The van der Waals surface area contributed by atoms with E-state index in [-0.39, 0.29) is 12.3 Å². The lowest BCUT2D eigenvalue weighted by molar-refractivity contribution is 0.581. The predicted molar refractivity (Wildman–Crippen MR) is 58.2 cm³/mol. The molecule has 4 nitrogen and oxygen atoms in total. The minimum atomic E-state index is -3.13. The minimum Gasteiger partial charge on any atom is -0.259 e. The molecule has 1 aromatic heterocycles. The number of hydrogen-bond donors (Lipinski definition) is 1. The van der Waals surface area contributed by atoms with E-state index in [1.165, 1.54) is 0 Å². The highest BCUT2D eigenvalue weighted by Crippen LogP contribution is 2.07. The molecule has 0 aromatic carbocycles. The molecule has 0 atom stereocenters. The average Bonchev–Trinajstić information content (AvgIpc) is 2.17. The van der Waals surface area contributed by atoms with Crippen molar-refractivity contribution in [2.24, 2.45) is 0 Å². The second-order valence-corrected chi connectivity index (χ2v) is 5.70. The number of hydrogen-bond acceptors (Lipinski definition) is 3. The van der Waals surface area contributed by atoms with Gasteiger partial charge in [-0.1, -0.05) is 0 Å². The number of pyridine rings is 1. The molecule has 0 unspecified atom stereocenters. The van der Waals surface area contributed by atoms with Crippen molar-refractivity contribution in [2.45, 2.75) is 13.5 Å². The minimum absolute atomic E-state index is 0.0868. The lowest BCUT2D eigenvalue weighted by Crippen LogP contribution is -2.25. The Labute approximate surface area is 91.9 Å². The molecule has 1 N–H and O–H groups in total. The van der Waals surface area contributed by atoms with Crippen LogP contribution in [0.5, 0.6) is 0 Å². The van der Waals surface area contributed by atoms with Crippen LogP contribution in [-0.4, -0.2) is 19.2 Å². The van der Waals surface area contributed by atoms with Crippen molar-refractivity contribution >= 4 is 26.0 Å². The van der Waals surface area contributed by atoms with Gasteiger partial charge in [-0.15, -0.1) is 0 Å². The first-order valence-corrected chi connectivity index (χ1v) is 6.56. The Morgan fingerprint density at radius 1 is 1.50 bits per heavy atom. The predicted octanol–water partition coefficient (Wildman–Crippen LogP) is 1.28. The average molecular weight is 279 g/mol. The molecule has 78 valence electrons. The fraction of sp³-hybridized carbons (Fsp3) is 0.375. The van der Waals surface area contributed by atoms with Crippen LogP contribution in [-0.2, 0) is 16.6 Å². The molecule has 0 aliphatic rings. The van der Waals surface area contributed by atoms with Crippen molar-refractivity contribution in [3.05, 3.63) is 28.5 Å². The first kappa shape index (κ1) is 11.6. The molecular weight excluding hydrogens is 268 g/mol. The van der Waals surface area contributed by atoms with Crippen LogP contribution in [0, 0.1) is 0 Å². The first-order valence-electron chi connectivity index (χ1n) is 4.11. The third-order valence-corrected chi connectivity index (χ3v) is 3.46. The second kappa shape index (κ2) is 4.86. The highest BCUT2D eigenvalue weighted by Gasteiger charge is 2.05. The molecule has 0 aliphatic carbocycles. The maximum atomic E-state index is 11.1. The zero-order valence-corrected chi connectivity index (χ0v) is 10.1. The molecule has 6 heteroatoms. The summed E-state index contributed by atoms with van der Waals surface area (Å²) >= 11 is 3.25. The number of rotatable bonds is 4.